The second-order valence-electron chi connectivity index (χ2n) is 10.3. The summed E-state index contributed by atoms with van der Waals surface area (Å²) in [6, 6.07) is 1.47. The SMILES string of the molecule is CN1[C@@H]2CC[C@H]1CC(c1c(Cl)c(Cl)c(C3C[C@H]4CC[C@@H](C3)N4C)c(C(=O)O)c1C(=O)O)C2. The summed E-state index contributed by atoms with van der Waals surface area (Å²) in [6.07, 6.45) is 7.42. The number of carboxylic acids is 2. The highest BCUT2D eigenvalue weighted by Gasteiger charge is 2.45. The molecule has 0 amide bonds. The Bertz CT molecular complexity index is 878. The molecule has 2 N–H and O–H groups in total. The van der Waals surface area contributed by atoms with Gasteiger partial charge in [-0.1, -0.05) is 23.2 Å². The molecule has 0 spiro atoms. The smallest absolute Gasteiger partial charge is 0.336 e. The quantitative estimate of drug-likeness (QED) is 0.625. The van der Waals surface area contributed by atoms with Gasteiger partial charge in [-0.25, -0.2) is 9.59 Å². The van der Waals surface area contributed by atoms with Crippen molar-refractivity contribution in [1.82, 2.24) is 9.80 Å². The van der Waals surface area contributed by atoms with Crippen LogP contribution < -0.4 is 0 Å². The van der Waals surface area contributed by atoms with Gasteiger partial charge in [-0.05, 0) is 88.4 Å². The van der Waals surface area contributed by atoms with E-state index in [2.05, 4.69) is 23.9 Å². The topological polar surface area (TPSA) is 81.1 Å². The third-order valence-electron chi connectivity index (χ3n) is 8.90. The molecule has 6 nitrogen and oxygen atoms in total. The summed E-state index contributed by atoms with van der Waals surface area (Å²) in [6.45, 7) is 0. The molecular formula is C24H30Cl2N2O4. The summed E-state index contributed by atoms with van der Waals surface area (Å²) in [5.74, 6) is -2.64. The van der Waals surface area contributed by atoms with Crippen LogP contribution in [0.25, 0.3) is 0 Å². The van der Waals surface area contributed by atoms with Crippen LogP contribution in [0, 0.1) is 0 Å². The van der Waals surface area contributed by atoms with E-state index in [0.29, 0.717) is 35.3 Å². The van der Waals surface area contributed by atoms with Crippen molar-refractivity contribution in [2.75, 3.05) is 14.1 Å². The van der Waals surface area contributed by atoms with E-state index in [4.69, 9.17) is 23.2 Å². The maximum absolute atomic E-state index is 12.5. The van der Waals surface area contributed by atoms with Crippen molar-refractivity contribution >= 4 is 35.1 Å². The summed E-state index contributed by atoms with van der Waals surface area (Å²) in [5.41, 5.74) is 0.599. The second-order valence-corrected chi connectivity index (χ2v) is 11.0. The van der Waals surface area contributed by atoms with Gasteiger partial charge in [-0.3, -0.25) is 0 Å². The first-order valence-corrected chi connectivity index (χ1v) is 12.4. The molecule has 4 heterocycles. The van der Waals surface area contributed by atoms with E-state index in [1.807, 2.05) is 0 Å². The minimum atomic E-state index is -1.22. The van der Waals surface area contributed by atoms with E-state index in [-0.39, 0.29) is 33.0 Å². The first-order chi connectivity index (χ1) is 15.2. The van der Waals surface area contributed by atoms with E-state index in [9.17, 15) is 19.8 Å². The van der Waals surface area contributed by atoms with Crippen LogP contribution in [-0.4, -0.2) is 70.2 Å². The van der Waals surface area contributed by atoms with Crippen LogP contribution in [0.3, 0.4) is 0 Å². The van der Waals surface area contributed by atoms with Crippen LogP contribution in [0.5, 0.6) is 0 Å². The standard InChI is InChI=1S/C24H30Cl2N2O4/c1-27-13-3-4-14(27)8-11(7-13)17-19(23(29)30)20(24(31)32)18(22(26)21(17)25)12-9-15-5-6-16(10-12)28(15)2/h11-16H,3-10H2,1-2H3,(H,29,30)(H,31,32)/t11?,12?,13-,14+,15-,16+. The maximum atomic E-state index is 12.5. The third-order valence-corrected chi connectivity index (χ3v) is 9.78. The van der Waals surface area contributed by atoms with E-state index in [1.165, 1.54) is 0 Å². The van der Waals surface area contributed by atoms with Crippen LogP contribution in [0.1, 0.15) is 95.0 Å². The number of fused-ring (bicyclic) bond motifs is 4. The Kier molecular flexibility index (Phi) is 5.72. The van der Waals surface area contributed by atoms with Gasteiger partial charge in [-0.2, -0.15) is 0 Å². The lowest BCUT2D eigenvalue weighted by molar-refractivity contribution is 0.0646. The molecule has 2 unspecified atom stereocenters. The van der Waals surface area contributed by atoms with Crippen LogP contribution in [0.2, 0.25) is 10.0 Å². The average molecular weight is 481 g/mol. The summed E-state index contributed by atoms with van der Waals surface area (Å²) < 4.78 is 0. The van der Waals surface area contributed by atoms with Crippen molar-refractivity contribution in [2.45, 2.75) is 87.4 Å². The molecule has 5 rings (SSSR count). The van der Waals surface area contributed by atoms with Gasteiger partial charge in [0.1, 0.15) is 0 Å². The van der Waals surface area contributed by atoms with Crippen molar-refractivity contribution in [3.8, 4) is 0 Å². The number of halogens is 2. The minimum absolute atomic E-state index is 0.0966. The van der Waals surface area contributed by atoms with Crippen molar-refractivity contribution in [1.29, 1.82) is 0 Å². The number of rotatable bonds is 4. The Balaban J connectivity index is 1.65. The normalized spacial score (nSPS) is 34.8. The fraction of sp³-hybridized carbons (Fsp3) is 0.667. The summed E-state index contributed by atoms with van der Waals surface area (Å²) in [4.78, 5) is 29.8. The average Bonchev–Trinajstić information content (AvgIpc) is 3.08. The van der Waals surface area contributed by atoms with E-state index in [0.717, 1.165) is 51.4 Å². The van der Waals surface area contributed by atoms with Crippen LogP contribution in [0.15, 0.2) is 0 Å². The van der Waals surface area contributed by atoms with Gasteiger partial charge >= 0.3 is 11.9 Å². The molecule has 6 atom stereocenters. The number of hydrogen-bond acceptors (Lipinski definition) is 4. The van der Waals surface area contributed by atoms with Gasteiger partial charge in [0, 0.05) is 24.2 Å². The highest BCUT2D eigenvalue weighted by molar-refractivity contribution is 6.44. The third kappa shape index (κ3) is 3.37. The molecule has 0 aromatic heterocycles. The highest BCUT2D eigenvalue weighted by atomic mass is 35.5. The van der Waals surface area contributed by atoms with Gasteiger partial charge in [0.25, 0.3) is 0 Å². The molecular weight excluding hydrogens is 451 g/mol. The summed E-state index contributed by atoms with van der Waals surface area (Å²) >= 11 is 13.7. The number of aromatic carboxylic acids is 2. The molecule has 0 saturated carbocycles. The number of carboxylic acid groups (broad SMARTS) is 2. The molecule has 0 aliphatic carbocycles. The summed E-state index contributed by atoms with van der Waals surface area (Å²) in [7, 11) is 4.23. The zero-order valence-corrected chi connectivity index (χ0v) is 20.0. The molecule has 174 valence electrons. The monoisotopic (exact) mass is 480 g/mol. The molecule has 1 aromatic carbocycles. The molecule has 0 radical (unpaired) electrons. The minimum Gasteiger partial charge on any atom is -0.478 e. The first-order valence-electron chi connectivity index (χ1n) is 11.6. The lowest BCUT2D eigenvalue weighted by Crippen LogP contribution is -2.40. The molecule has 1 aromatic rings. The Morgan fingerprint density at radius 2 is 0.969 bits per heavy atom. The van der Waals surface area contributed by atoms with E-state index in [1.54, 1.807) is 0 Å². The molecule has 4 fully saturated rings. The number of hydrogen-bond donors (Lipinski definition) is 2. The Labute approximate surface area is 198 Å². The second kappa shape index (κ2) is 8.15. The molecule has 4 aliphatic rings. The Hall–Kier alpha value is -1.34. The van der Waals surface area contributed by atoms with Crippen molar-refractivity contribution in [3.63, 3.8) is 0 Å². The predicted octanol–water partition coefficient (Wildman–Crippen LogP) is 5.07. The number of piperidine rings is 2. The van der Waals surface area contributed by atoms with Gasteiger partial charge in [0.15, 0.2) is 0 Å². The fourth-order valence-corrected chi connectivity index (χ4v) is 7.93. The molecule has 4 bridgehead atoms. The molecule has 32 heavy (non-hydrogen) atoms. The van der Waals surface area contributed by atoms with E-state index < -0.39 is 11.9 Å². The molecule has 4 aliphatic heterocycles. The van der Waals surface area contributed by atoms with E-state index >= 15 is 0 Å². The lowest BCUT2D eigenvalue weighted by atomic mass is 9.76. The fourth-order valence-electron chi connectivity index (χ4n) is 7.23. The van der Waals surface area contributed by atoms with Crippen molar-refractivity contribution < 1.29 is 19.8 Å². The van der Waals surface area contributed by atoms with Gasteiger partial charge in [0.2, 0.25) is 0 Å². The number of nitrogens with zero attached hydrogens (tertiary/aromatic N) is 2. The predicted molar refractivity (Wildman–Crippen MR) is 123 cm³/mol. The Morgan fingerprint density at radius 1 is 0.688 bits per heavy atom. The lowest BCUT2D eigenvalue weighted by Gasteiger charge is -2.39. The van der Waals surface area contributed by atoms with Crippen LogP contribution in [0.4, 0.5) is 0 Å². The van der Waals surface area contributed by atoms with Crippen molar-refractivity contribution in [3.05, 3.63) is 32.3 Å². The molecule has 8 heteroatoms. The zero-order valence-electron chi connectivity index (χ0n) is 18.5. The molecule has 4 saturated heterocycles. The highest BCUT2D eigenvalue weighted by Crippen LogP contribution is 2.52. The zero-order chi connectivity index (χ0) is 22.9. The first kappa shape index (κ1) is 22.5. The maximum Gasteiger partial charge on any atom is 0.336 e. The van der Waals surface area contributed by atoms with Gasteiger partial charge in [0.05, 0.1) is 21.2 Å². The van der Waals surface area contributed by atoms with Gasteiger partial charge in [-0.15, -0.1) is 0 Å². The van der Waals surface area contributed by atoms with Gasteiger partial charge < -0.3 is 20.0 Å². The summed E-state index contributed by atoms with van der Waals surface area (Å²) in [5, 5.41) is 21.0. The van der Waals surface area contributed by atoms with Crippen LogP contribution >= 0.6 is 23.2 Å². The number of benzene rings is 1. The number of carbonyl (C=O) groups is 2. The van der Waals surface area contributed by atoms with Crippen LogP contribution in [-0.2, 0) is 0 Å². The Morgan fingerprint density at radius 3 is 1.22 bits per heavy atom. The largest absolute Gasteiger partial charge is 0.478 e. The van der Waals surface area contributed by atoms with Crippen molar-refractivity contribution in [2.24, 2.45) is 0 Å².